The van der Waals surface area contributed by atoms with Crippen LogP contribution in [0.3, 0.4) is 0 Å². The smallest absolute Gasteiger partial charge is 0.410 e. The van der Waals surface area contributed by atoms with Gasteiger partial charge in [-0.3, -0.25) is 4.90 Å². The molecule has 0 unspecified atom stereocenters. The Morgan fingerprint density at radius 3 is 2.16 bits per heavy atom. The number of ether oxygens (including phenoxy) is 2. The average molecular weight is 669 g/mol. The Kier molecular flexibility index (Phi) is 9.69. The molecule has 1 aliphatic carbocycles. The molecule has 0 aromatic heterocycles. The summed E-state index contributed by atoms with van der Waals surface area (Å²) < 4.78 is 12.5. The zero-order valence-corrected chi connectivity index (χ0v) is 27.6. The lowest BCUT2D eigenvalue weighted by atomic mass is 9.98. The SMILES string of the molecule is Cc1c(Br)ccc(CN(CCN2CCN(C(=O)OC(C)(C)C)CC2)C(=O)OCC2c3ccccc3-c3ccccc32)c1Cl. The van der Waals surface area contributed by atoms with E-state index in [0.29, 0.717) is 50.8 Å². The normalized spacial score (nSPS) is 15.2. The van der Waals surface area contributed by atoms with E-state index in [-0.39, 0.29) is 24.7 Å². The van der Waals surface area contributed by atoms with E-state index in [1.807, 2.05) is 64.1 Å². The minimum Gasteiger partial charge on any atom is -0.448 e. The van der Waals surface area contributed by atoms with Gasteiger partial charge in [0.25, 0.3) is 0 Å². The number of fused-ring (bicyclic) bond motifs is 3. The number of hydrogen-bond donors (Lipinski definition) is 0. The van der Waals surface area contributed by atoms with Crippen molar-refractivity contribution in [2.75, 3.05) is 45.9 Å². The minimum atomic E-state index is -0.523. The highest BCUT2D eigenvalue weighted by atomic mass is 79.9. The van der Waals surface area contributed by atoms with Crippen LogP contribution in [0.15, 0.2) is 65.1 Å². The van der Waals surface area contributed by atoms with Crippen LogP contribution in [0.1, 0.15) is 48.9 Å². The van der Waals surface area contributed by atoms with Crippen LogP contribution in [0.25, 0.3) is 11.1 Å². The number of rotatable bonds is 7. The van der Waals surface area contributed by atoms with Gasteiger partial charge in [0, 0.05) is 54.7 Å². The highest BCUT2D eigenvalue weighted by molar-refractivity contribution is 9.10. The van der Waals surface area contributed by atoms with Gasteiger partial charge in [-0.2, -0.15) is 0 Å². The molecule has 0 saturated carbocycles. The summed E-state index contributed by atoms with van der Waals surface area (Å²) >= 11 is 10.3. The van der Waals surface area contributed by atoms with Gasteiger partial charge in [0.15, 0.2) is 0 Å². The molecule has 5 rings (SSSR count). The van der Waals surface area contributed by atoms with Crippen molar-refractivity contribution in [3.63, 3.8) is 0 Å². The Morgan fingerprint density at radius 1 is 0.953 bits per heavy atom. The van der Waals surface area contributed by atoms with Gasteiger partial charge >= 0.3 is 12.2 Å². The van der Waals surface area contributed by atoms with Gasteiger partial charge in [-0.05, 0) is 67.1 Å². The summed E-state index contributed by atoms with van der Waals surface area (Å²) in [6.45, 7) is 11.9. The largest absolute Gasteiger partial charge is 0.448 e. The second-order valence-corrected chi connectivity index (χ2v) is 13.4. The van der Waals surface area contributed by atoms with Crippen LogP contribution in [0, 0.1) is 6.92 Å². The Morgan fingerprint density at radius 2 is 1.56 bits per heavy atom. The maximum Gasteiger partial charge on any atom is 0.410 e. The quantitative estimate of drug-likeness (QED) is 0.258. The fourth-order valence-electron chi connectivity index (χ4n) is 5.71. The summed E-state index contributed by atoms with van der Waals surface area (Å²) in [6, 6.07) is 20.6. The predicted octanol–water partition coefficient (Wildman–Crippen LogP) is 7.71. The molecule has 43 heavy (non-hydrogen) atoms. The van der Waals surface area contributed by atoms with Gasteiger partial charge in [0.05, 0.1) is 6.54 Å². The van der Waals surface area contributed by atoms with Crippen molar-refractivity contribution in [1.29, 1.82) is 0 Å². The number of carbonyl (C=O) groups is 2. The summed E-state index contributed by atoms with van der Waals surface area (Å²) in [5, 5.41) is 0.636. The lowest BCUT2D eigenvalue weighted by Gasteiger charge is -2.36. The van der Waals surface area contributed by atoms with Crippen LogP contribution < -0.4 is 0 Å². The van der Waals surface area contributed by atoms with Crippen molar-refractivity contribution >= 4 is 39.7 Å². The molecule has 2 aliphatic rings. The molecule has 1 fully saturated rings. The molecule has 0 spiro atoms. The third-order valence-electron chi connectivity index (χ3n) is 8.07. The molecule has 2 amide bonds. The first-order valence-corrected chi connectivity index (χ1v) is 15.9. The van der Waals surface area contributed by atoms with Crippen LogP contribution in [0.4, 0.5) is 9.59 Å². The van der Waals surface area contributed by atoms with E-state index in [0.717, 1.165) is 15.6 Å². The van der Waals surface area contributed by atoms with Crippen molar-refractivity contribution in [2.24, 2.45) is 0 Å². The Balaban J connectivity index is 1.26. The van der Waals surface area contributed by atoms with E-state index in [1.54, 1.807) is 9.80 Å². The second kappa shape index (κ2) is 13.3. The molecular weight excluding hydrogens is 630 g/mol. The number of carbonyl (C=O) groups excluding carboxylic acids is 2. The summed E-state index contributed by atoms with van der Waals surface area (Å²) in [6.07, 6.45) is -0.654. The molecule has 0 radical (unpaired) electrons. The lowest BCUT2D eigenvalue weighted by Crippen LogP contribution is -2.51. The first kappa shape index (κ1) is 31.4. The molecule has 3 aromatic carbocycles. The highest BCUT2D eigenvalue weighted by Crippen LogP contribution is 2.44. The number of benzene rings is 3. The third kappa shape index (κ3) is 7.36. The van der Waals surface area contributed by atoms with E-state index in [1.165, 1.54) is 22.3 Å². The third-order valence-corrected chi connectivity index (χ3v) is 9.45. The standard InChI is InChI=1S/C34H39BrClN3O4/c1-23-30(35)14-13-24(31(23)36)21-39(20-17-37-15-18-38(19-16-37)33(41)43-34(2,3)4)32(40)42-22-29-27-11-7-5-9-25(27)26-10-6-8-12-28(26)29/h5-14,29H,15-22H2,1-4H3. The minimum absolute atomic E-state index is 0.0161. The van der Waals surface area contributed by atoms with Gasteiger partial charge in [-0.25, -0.2) is 9.59 Å². The van der Waals surface area contributed by atoms with Crippen LogP contribution in [-0.4, -0.2) is 78.4 Å². The van der Waals surface area contributed by atoms with E-state index < -0.39 is 5.60 Å². The molecular formula is C34H39BrClN3O4. The number of nitrogens with zero attached hydrogens (tertiary/aromatic N) is 3. The fraction of sp³-hybridized carbons (Fsp3) is 0.412. The van der Waals surface area contributed by atoms with E-state index in [4.69, 9.17) is 21.1 Å². The summed E-state index contributed by atoms with van der Waals surface area (Å²) in [5.74, 6) is -0.0161. The summed E-state index contributed by atoms with van der Waals surface area (Å²) in [4.78, 5) is 31.9. The number of halogens is 2. The Bertz CT molecular complexity index is 1440. The summed E-state index contributed by atoms with van der Waals surface area (Å²) in [5.41, 5.74) is 6.02. The molecule has 1 aliphatic heterocycles. The number of piperazine rings is 1. The van der Waals surface area contributed by atoms with Crippen molar-refractivity contribution in [2.45, 2.75) is 45.8 Å². The fourth-order valence-corrected chi connectivity index (χ4v) is 6.38. The second-order valence-electron chi connectivity index (χ2n) is 12.2. The van der Waals surface area contributed by atoms with Gasteiger partial charge in [-0.1, -0.05) is 82.1 Å². The maximum atomic E-state index is 13.7. The molecule has 228 valence electrons. The van der Waals surface area contributed by atoms with Gasteiger partial charge in [-0.15, -0.1) is 0 Å². The van der Waals surface area contributed by atoms with Crippen molar-refractivity contribution < 1.29 is 19.1 Å². The number of hydrogen-bond acceptors (Lipinski definition) is 5. The molecule has 9 heteroatoms. The molecule has 1 saturated heterocycles. The Labute approximate surface area is 267 Å². The molecule has 7 nitrogen and oxygen atoms in total. The van der Waals surface area contributed by atoms with E-state index >= 15 is 0 Å². The van der Waals surface area contributed by atoms with Gasteiger partial charge < -0.3 is 19.3 Å². The van der Waals surface area contributed by atoms with Crippen LogP contribution in [0.5, 0.6) is 0 Å². The van der Waals surface area contributed by atoms with E-state index in [2.05, 4.69) is 45.1 Å². The van der Waals surface area contributed by atoms with Crippen LogP contribution in [-0.2, 0) is 16.0 Å². The van der Waals surface area contributed by atoms with E-state index in [9.17, 15) is 9.59 Å². The lowest BCUT2D eigenvalue weighted by molar-refractivity contribution is 0.0138. The first-order chi connectivity index (χ1) is 20.5. The van der Waals surface area contributed by atoms with Gasteiger partial charge in [0.2, 0.25) is 0 Å². The summed E-state index contributed by atoms with van der Waals surface area (Å²) in [7, 11) is 0. The molecule has 3 aromatic rings. The molecule has 0 N–H and O–H groups in total. The van der Waals surface area contributed by atoms with Crippen LogP contribution >= 0.6 is 27.5 Å². The monoisotopic (exact) mass is 667 g/mol. The van der Waals surface area contributed by atoms with Crippen molar-refractivity contribution in [3.05, 3.63) is 92.4 Å². The number of amides is 2. The van der Waals surface area contributed by atoms with Crippen molar-refractivity contribution in [1.82, 2.24) is 14.7 Å². The highest BCUT2D eigenvalue weighted by Gasteiger charge is 2.31. The predicted molar refractivity (Wildman–Crippen MR) is 174 cm³/mol. The average Bonchev–Trinajstić information content (AvgIpc) is 3.31. The van der Waals surface area contributed by atoms with Crippen LogP contribution in [0.2, 0.25) is 5.02 Å². The Hall–Kier alpha value is -3.07. The molecule has 0 bridgehead atoms. The molecule has 1 heterocycles. The van der Waals surface area contributed by atoms with Gasteiger partial charge in [0.1, 0.15) is 12.2 Å². The maximum absolute atomic E-state index is 13.7. The topological polar surface area (TPSA) is 62.3 Å². The zero-order valence-electron chi connectivity index (χ0n) is 25.2. The first-order valence-electron chi connectivity index (χ1n) is 14.8. The zero-order chi connectivity index (χ0) is 30.7. The molecule has 0 atom stereocenters. The van der Waals surface area contributed by atoms with Crippen molar-refractivity contribution in [3.8, 4) is 11.1 Å².